The molecule has 0 saturated carbocycles. The van der Waals surface area contributed by atoms with Crippen molar-refractivity contribution >= 4 is 52.8 Å². The summed E-state index contributed by atoms with van der Waals surface area (Å²) < 4.78 is 0. The van der Waals surface area contributed by atoms with Crippen molar-refractivity contribution < 1.29 is 34.2 Å². The van der Waals surface area contributed by atoms with Crippen LogP contribution in [-0.4, -0.2) is 54.3 Å². The Morgan fingerprint density at radius 3 is 2.20 bits per heavy atom. The molecule has 0 radical (unpaired) electrons. The largest absolute Gasteiger partial charge is 0.481 e. The van der Waals surface area contributed by atoms with Crippen LogP contribution in [0.1, 0.15) is 80.0 Å². The zero-order chi connectivity index (χ0) is 33.9. The van der Waals surface area contributed by atoms with Gasteiger partial charge in [-0.25, -0.2) is 0 Å². The standard InChI is InChI=1S/C34H38N4O7S/c1-7-23-17(3)33(44)38-28(23)14-26-16(2)24(9-11-31(42)43)29(36-26)15-27-21(8-10-30(40)41)12-22(35-27)13-25-18(4)32(34(45)37-25)19(5)46-20(6)39/h7,12-14,19,35-36H,1,8-11,15H2,2-6H3,(H,37,45)(H,38,44)(H,40,41)(H,42,43)/b25-13-,28-14-/t19-/m1/s1. The normalized spacial score (nSPS) is 17.2. The number of carbonyl (C=O) groups is 5. The Kier molecular flexibility index (Phi) is 10.4. The van der Waals surface area contributed by atoms with E-state index >= 15 is 0 Å². The second kappa shape index (κ2) is 14.1. The van der Waals surface area contributed by atoms with E-state index in [0.717, 1.165) is 45.4 Å². The molecule has 4 rings (SSSR count). The van der Waals surface area contributed by atoms with Gasteiger partial charge in [0.2, 0.25) is 0 Å². The summed E-state index contributed by atoms with van der Waals surface area (Å²) in [4.78, 5) is 66.5. The van der Waals surface area contributed by atoms with Crippen LogP contribution in [0.2, 0.25) is 0 Å². The van der Waals surface area contributed by atoms with Gasteiger partial charge in [0.15, 0.2) is 5.12 Å². The molecule has 0 aliphatic carbocycles. The number of aliphatic carboxylic acids is 2. The van der Waals surface area contributed by atoms with Crippen molar-refractivity contribution in [3.63, 3.8) is 0 Å². The molecular weight excluding hydrogens is 608 g/mol. The third kappa shape index (κ3) is 7.51. The van der Waals surface area contributed by atoms with Gasteiger partial charge in [0.1, 0.15) is 0 Å². The lowest BCUT2D eigenvalue weighted by atomic mass is 10.00. The first-order valence-electron chi connectivity index (χ1n) is 14.8. The smallest absolute Gasteiger partial charge is 0.303 e. The SMILES string of the molecule is C=CC1=C(C)C(=O)N/C1=C\c1[nH]c(Cc2[nH]c(/C=C3\NC(=O)C([C@@H](C)SC(C)=O)=C3C)cc2CCC(=O)O)c(CCC(=O)O)c1C. The first-order chi connectivity index (χ1) is 21.7. The minimum absolute atomic E-state index is 0.0857. The van der Waals surface area contributed by atoms with E-state index in [-0.39, 0.29) is 47.9 Å². The molecular formula is C34H38N4O7S. The summed E-state index contributed by atoms with van der Waals surface area (Å²) in [5.74, 6) is -2.36. The molecule has 11 nitrogen and oxygen atoms in total. The first kappa shape index (κ1) is 34.0. The molecule has 2 aliphatic heterocycles. The van der Waals surface area contributed by atoms with Gasteiger partial charge in [-0.2, -0.15) is 0 Å². The molecule has 4 heterocycles. The van der Waals surface area contributed by atoms with E-state index in [1.807, 2.05) is 32.9 Å². The van der Waals surface area contributed by atoms with E-state index in [9.17, 15) is 34.2 Å². The van der Waals surface area contributed by atoms with E-state index < -0.39 is 11.9 Å². The fraction of sp³-hybridized carbons (Fsp3) is 0.324. The zero-order valence-electron chi connectivity index (χ0n) is 26.5. The summed E-state index contributed by atoms with van der Waals surface area (Å²) in [6.45, 7) is 12.5. The lowest BCUT2D eigenvalue weighted by Gasteiger charge is -2.08. The summed E-state index contributed by atoms with van der Waals surface area (Å²) in [6, 6.07) is 1.85. The number of hydrogen-bond donors (Lipinski definition) is 6. The van der Waals surface area contributed by atoms with Gasteiger partial charge in [-0.15, -0.1) is 0 Å². The van der Waals surface area contributed by atoms with Crippen LogP contribution < -0.4 is 10.6 Å². The minimum Gasteiger partial charge on any atom is -0.481 e. The molecule has 2 aromatic rings. The monoisotopic (exact) mass is 646 g/mol. The van der Waals surface area contributed by atoms with E-state index in [2.05, 4.69) is 27.2 Å². The summed E-state index contributed by atoms with van der Waals surface area (Å²) in [5.41, 5.74) is 8.96. The number of carboxylic acid groups (broad SMARTS) is 2. The van der Waals surface area contributed by atoms with Crippen LogP contribution >= 0.6 is 11.8 Å². The molecule has 6 N–H and O–H groups in total. The number of amides is 2. The number of carboxylic acids is 2. The third-order valence-corrected chi connectivity index (χ3v) is 9.12. The number of aryl methyl sites for hydroxylation is 1. The van der Waals surface area contributed by atoms with Crippen LogP contribution in [0, 0.1) is 6.92 Å². The van der Waals surface area contributed by atoms with Crippen molar-refractivity contribution in [2.45, 2.75) is 72.0 Å². The van der Waals surface area contributed by atoms with E-state index in [1.165, 1.54) is 6.92 Å². The number of thioether (sulfide) groups is 1. The van der Waals surface area contributed by atoms with Crippen molar-refractivity contribution in [2.75, 3.05) is 0 Å². The molecule has 46 heavy (non-hydrogen) atoms. The Morgan fingerprint density at radius 2 is 1.57 bits per heavy atom. The Balaban J connectivity index is 1.75. The summed E-state index contributed by atoms with van der Waals surface area (Å²) >= 11 is 1.09. The molecule has 0 saturated heterocycles. The second-order valence-electron chi connectivity index (χ2n) is 11.4. The maximum Gasteiger partial charge on any atom is 0.303 e. The third-order valence-electron chi connectivity index (χ3n) is 8.20. The molecule has 0 unspecified atom stereocenters. The maximum atomic E-state index is 12.8. The number of H-pyrrole nitrogens is 2. The van der Waals surface area contributed by atoms with E-state index in [0.29, 0.717) is 45.9 Å². The first-order valence-corrected chi connectivity index (χ1v) is 15.7. The van der Waals surface area contributed by atoms with Gasteiger partial charge in [-0.05, 0) is 81.0 Å². The van der Waals surface area contributed by atoms with Crippen molar-refractivity contribution in [1.82, 2.24) is 20.6 Å². The molecule has 0 bridgehead atoms. The molecule has 2 amide bonds. The number of nitrogens with one attached hydrogen (secondary N) is 4. The Morgan fingerprint density at radius 1 is 0.913 bits per heavy atom. The van der Waals surface area contributed by atoms with Gasteiger partial charge >= 0.3 is 11.9 Å². The Hall–Kier alpha value is -4.84. The van der Waals surface area contributed by atoms with Crippen LogP contribution in [-0.2, 0) is 43.2 Å². The van der Waals surface area contributed by atoms with Gasteiger partial charge in [0, 0.05) is 76.6 Å². The number of carbonyl (C=O) groups excluding carboxylic acids is 3. The highest BCUT2D eigenvalue weighted by Crippen LogP contribution is 2.32. The zero-order valence-corrected chi connectivity index (χ0v) is 27.3. The van der Waals surface area contributed by atoms with Crippen LogP contribution in [0.3, 0.4) is 0 Å². The lowest BCUT2D eigenvalue weighted by molar-refractivity contribution is -0.138. The molecule has 0 fully saturated rings. The Labute approximate surface area is 271 Å². The molecule has 2 aromatic heterocycles. The average Bonchev–Trinajstić information content (AvgIpc) is 3.65. The van der Waals surface area contributed by atoms with Crippen LogP contribution in [0.5, 0.6) is 0 Å². The number of aromatic nitrogens is 2. The molecule has 12 heteroatoms. The van der Waals surface area contributed by atoms with Gasteiger partial charge < -0.3 is 30.8 Å². The van der Waals surface area contributed by atoms with Gasteiger partial charge in [0.05, 0.1) is 5.70 Å². The topological polar surface area (TPSA) is 181 Å². The maximum absolute atomic E-state index is 12.8. The van der Waals surface area contributed by atoms with Crippen LogP contribution in [0.15, 0.2) is 52.4 Å². The summed E-state index contributed by atoms with van der Waals surface area (Å²) in [5, 5.41) is 24.2. The van der Waals surface area contributed by atoms with E-state index in [1.54, 1.807) is 19.1 Å². The predicted molar refractivity (Wildman–Crippen MR) is 177 cm³/mol. The average molecular weight is 647 g/mol. The molecule has 2 aliphatic rings. The highest BCUT2D eigenvalue weighted by Gasteiger charge is 2.30. The summed E-state index contributed by atoms with van der Waals surface area (Å²) in [7, 11) is 0. The predicted octanol–water partition coefficient (Wildman–Crippen LogP) is 4.71. The molecule has 1 atom stereocenters. The van der Waals surface area contributed by atoms with Crippen LogP contribution in [0.25, 0.3) is 12.2 Å². The van der Waals surface area contributed by atoms with Crippen molar-refractivity contribution in [2.24, 2.45) is 0 Å². The second-order valence-corrected chi connectivity index (χ2v) is 12.9. The quantitative estimate of drug-likeness (QED) is 0.181. The molecule has 0 aromatic carbocycles. The highest BCUT2D eigenvalue weighted by molar-refractivity contribution is 8.14. The van der Waals surface area contributed by atoms with Crippen molar-refractivity contribution in [3.05, 3.63) is 91.9 Å². The highest BCUT2D eigenvalue weighted by atomic mass is 32.2. The number of aromatic amines is 2. The number of allylic oxidation sites excluding steroid dienone is 2. The van der Waals surface area contributed by atoms with Crippen molar-refractivity contribution in [3.8, 4) is 0 Å². The Bertz CT molecular complexity index is 1780. The molecule has 0 spiro atoms. The number of rotatable bonds is 13. The van der Waals surface area contributed by atoms with Gasteiger partial charge in [0.25, 0.3) is 11.8 Å². The van der Waals surface area contributed by atoms with Gasteiger partial charge in [-0.3, -0.25) is 24.0 Å². The van der Waals surface area contributed by atoms with Crippen LogP contribution in [0.4, 0.5) is 0 Å². The fourth-order valence-corrected chi connectivity index (χ4v) is 6.75. The lowest BCUT2D eigenvalue weighted by Crippen LogP contribution is -2.20. The minimum atomic E-state index is -0.942. The molecule has 242 valence electrons. The van der Waals surface area contributed by atoms with Crippen molar-refractivity contribution in [1.29, 1.82) is 0 Å². The summed E-state index contributed by atoms with van der Waals surface area (Å²) in [6.07, 6.45) is 5.88. The van der Waals surface area contributed by atoms with E-state index in [4.69, 9.17) is 0 Å². The van der Waals surface area contributed by atoms with Gasteiger partial charge in [-0.1, -0.05) is 24.4 Å². The fourth-order valence-electron chi connectivity index (χ4n) is 5.85. The number of hydrogen-bond acceptors (Lipinski definition) is 6.